The molecular formula is C30H23F3N4O3S2. The van der Waals surface area contributed by atoms with Crippen LogP contribution in [0.3, 0.4) is 0 Å². The Morgan fingerprint density at radius 1 is 1.05 bits per heavy atom. The number of carboxylic acids is 1. The van der Waals surface area contributed by atoms with Crippen LogP contribution in [0.5, 0.6) is 0 Å². The van der Waals surface area contributed by atoms with E-state index in [9.17, 15) is 18.5 Å². The monoisotopic (exact) mass is 608 g/mol. The van der Waals surface area contributed by atoms with Crippen molar-refractivity contribution < 1.29 is 27.3 Å². The van der Waals surface area contributed by atoms with Crippen LogP contribution in [-0.2, 0) is 23.8 Å². The first-order valence-electron chi connectivity index (χ1n) is 13.0. The number of hydrogen-bond donors (Lipinski definition) is 2. The second-order valence-corrected chi connectivity index (χ2v) is 12.0. The molecule has 0 saturated heterocycles. The number of carbonyl (C=O) groups is 1. The second kappa shape index (κ2) is 11.3. The number of halogens is 3. The maximum atomic E-state index is 15.3. The zero-order chi connectivity index (χ0) is 29.5. The van der Waals surface area contributed by atoms with Crippen LogP contribution in [0.2, 0.25) is 0 Å². The number of rotatable bonds is 9. The van der Waals surface area contributed by atoms with E-state index in [0.717, 1.165) is 35.9 Å². The molecule has 2 aromatic heterocycles. The van der Waals surface area contributed by atoms with Crippen molar-refractivity contribution in [3.63, 3.8) is 0 Å². The van der Waals surface area contributed by atoms with Crippen LogP contribution in [-0.4, -0.2) is 30.0 Å². The highest BCUT2D eigenvalue weighted by Crippen LogP contribution is 2.39. The quantitative estimate of drug-likeness (QED) is 0.204. The van der Waals surface area contributed by atoms with Gasteiger partial charge in [0.2, 0.25) is 5.13 Å². The number of aromatic carboxylic acids is 1. The smallest absolute Gasteiger partial charge is 0.355 e. The molecular weight excluding hydrogens is 585 g/mol. The van der Waals surface area contributed by atoms with Gasteiger partial charge in [0.05, 0.1) is 16.3 Å². The van der Waals surface area contributed by atoms with Crippen LogP contribution in [0.25, 0.3) is 27.5 Å². The molecule has 12 heteroatoms. The topological polar surface area (TPSA) is 111 Å². The third kappa shape index (κ3) is 5.65. The van der Waals surface area contributed by atoms with Gasteiger partial charge in [-0.3, -0.25) is 0 Å². The van der Waals surface area contributed by atoms with Gasteiger partial charge in [-0.1, -0.05) is 18.2 Å². The lowest BCUT2D eigenvalue weighted by atomic mass is 9.94. The zero-order valence-corrected chi connectivity index (χ0v) is 23.5. The summed E-state index contributed by atoms with van der Waals surface area (Å²) in [5, 5.41) is 21.5. The molecule has 7 nitrogen and oxygen atoms in total. The SMILES string of the molecule is NS(=O)c1ccc(Cc2c(-c3ccc(F)c(-c4cccc(F)c4)c3)nn(-c3nc(C(=O)O)cs3)c2CC2CC2)c(F)c1. The Kier molecular flexibility index (Phi) is 7.52. The van der Waals surface area contributed by atoms with Gasteiger partial charge in [-0.15, -0.1) is 11.3 Å². The standard InChI is InChI=1S/C30H23F3N4O3S2/c31-20-3-1-2-17(11-20)22-13-19(7-9-24(22)32)28-23(12-18-6-8-21(42(34)40)14-25(18)33)27(10-16-4-5-16)37(36-28)30-35-26(15-41-30)29(38)39/h1-3,6-9,11,13-16H,4-5,10,12,34H2,(H,38,39). The highest BCUT2D eigenvalue weighted by Gasteiger charge is 2.30. The Balaban J connectivity index is 1.55. The molecule has 0 radical (unpaired) electrons. The average molecular weight is 609 g/mol. The van der Waals surface area contributed by atoms with E-state index in [1.807, 2.05) is 0 Å². The molecule has 6 rings (SSSR count). The molecule has 1 unspecified atom stereocenters. The van der Waals surface area contributed by atoms with Crippen molar-refractivity contribution in [2.24, 2.45) is 11.1 Å². The molecule has 0 amide bonds. The van der Waals surface area contributed by atoms with Gasteiger partial charge < -0.3 is 5.11 Å². The summed E-state index contributed by atoms with van der Waals surface area (Å²) in [6.07, 6.45) is 2.69. The Hall–Kier alpha value is -4.13. The van der Waals surface area contributed by atoms with Gasteiger partial charge in [0.25, 0.3) is 0 Å². The van der Waals surface area contributed by atoms with Gasteiger partial charge in [-0.25, -0.2) is 37.0 Å². The third-order valence-corrected chi connectivity index (χ3v) is 8.70. The summed E-state index contributed by atoms with van der Waals surface area (Å²) in [6.45, 7) is 0. The number of carboxylic acid groups (broad SMARTS) is 1. The van der Waals surface area contributed by atoms with E-state index in [1.54, 1.807) is 22.9 Å². The predicted octanol–water partition coefficient (Wildman–Crippen LogP) is 6.30. The number of thiazole rings is 1. The Labute approximate surface area is 245 Å². The lowest BCUT2D eigenvalue weighted by molar-refractivity contribution is 0.0691. The molecule has 1 fully saturated rings. The maximum absolute atomic E-state index is 15.3. The molecule has 1 aliphatic carbocycles. The number of hydrogen-bond acceptors (Lipinski definition) is 5. The maximum Gasteiger partial charge on any atom is 0.355 e. The molecule has 1 aliphatic rings. The van der Waals surface area contributed by atoms with E-state index in [0.29, 0.717) is 45.4 Å². The van der Waals surface area contributed by atoms with E-state index in [1.165, 1.54) is 41.8 Å². The van der Waals surface area contributed by atoms with Crippen molar-refractivity contribution in [3.05, 3.63) is 106 Å². The van der Waals surface area contributed by atoms with Crippen LogP contribution in [0.15, 0.2) is 70.9 Å². The van der Waals surface area contributed by atoms with E-state index >= 15 is 8.78 Å². The Bertz CT molecular complexity index is 1870. The second-order valence-electron chi connectivity index (χ2n) is 10.1. The van der Waals surface area contributed by atoms with Crippen molar-refractivity contribution in [1.29, 1.82) is 0 Å². The number of benzene rings is 3. The van der Waals surface area contributed by atoms with Crippen molar-refractivity contribution >= 4 is 28.3 Å². The van der Waals surface area contributed by atoms with Gasteiger partial charge >= 0.3 is 5.97 Å². The molecule has 0 spiro atoms. The average Bonchev–Trinajstić information content (AvgIpc) is 3.51. The molecule has 1 atom stereocenters. The fraction of sp³-hybridized carbons (Fsp3) is 0.167. The lowest BCUT2D eigenvalue weighted by Crippen LogP contribution is -2.07. The number of aromatic nitrogens is 3. The van der Waals surface area contributed by atoms with E-state index in [4.69, 9.17) is 10.2 Å². The van der Waals surface area contributed by atoms with E-state index in [-0.39, 0.29) is 22.6 Å². The zero-order valence-electron chi connectivity index (χ0n) is 21.9. The molecule has 1 saturated carbocycles. The third-order valence-electron chi connectivity index (χ3n) is 7.16. The van der Waals surface area contributed by atoms with Crippen molar-refractivity contribution in [2.75, 3.05) is 0 Å². The number of nitrogens with two attached hydrogens (primary N) is 1. The highest BCUT2D eigenvalue weighted by atomic mass is 32.2. The fourth-order valence-corrected chi connectivity index (χ4v) is 6.06. The van der Waals surface area contributed by atoms with Crippen molar-refractivity contribution in [3.8, 4) is 27.5 Å². The fourth-order valence-electron chi connectivity index (χ4n) is 4.86. The summed E-state index contributed by atoms with van der Waals surface area (Å²) >= 11 is 1.11. The largest absolute Gasteiger partial charge is 0.476 e. The molecule has 2 heterocycles. The molecule has 3 aromatic carbocycles. The minimum absolute atomic E-state index is 0.0878. The Morgan fingerprint density at radius 2 is 1.86 bits per heavy atom. The van der Waals surface area contributed by atoms with Crippen LogP contribution >= 0.6 is 11.3 Å². The van der Waals surface area contributed by atoms with Gasteiger partial charge in [0.1, 0.15) is 28.4 Å². The van der Waals surface area contributed by atoms with E-state index in [2.05, 4.69) is 4.98 Å². The molecule has 3 N–H and O–H groups in total. The first kappa shape index (κ1) is 28.0. The molecule has 42 heavy (non-hydrogen) atoms. The van der Waals surface area contributed by atoms with Crippen LogP contribution < -0.4 is 5.14 Å². The van der Waals surface area contributed by atoms with Gasteiger partial charge in [0, 0.05) is 28.5 Å². The first-order valence-corrected chi connectivity index (χ1v) is 15.1. The predicted molar refractivity (Wildman–Crippen MR) is 153 cm³/mol. The summed E-state index contributed by atoms with van der Waals surface area (Å²) in [7, 11) is -1.85. The normalized spacial score (nSPS) is 13.8. The van der Waals surface area contributed by atoms with Gasteiger partial charge in [-0.2, -0.15) is 5.10 Å². The summed E-state index contributed by atoms with van der Waals surface area (Å²) in [5.41, 5.74) is 3.03. The van der Waals surface area contributed by atoms with Gasteiger partial charge in [-0.05, 0) is 78.8 Å². The van der Waals surface area contributed by atoms with Gasteiger partial charge in [0.15, 0.2) is 5.69 Å². The summed E-state index contributed by atoms with van der Waals surface area (Å²) < 4.78 is 57.6. The number of nitrogens with zero attached hydrogens (tertiary/aromatic N) is 3. The van der Waals surface area contributed by atoms with E-state index < -0.39 is 34.4 Å². The van der Waals surface area contributed by atoms with Crippen molar-refractivity contribution in [2.45, 2.75) is 30.6 Å². The molecule has 214 valence electrons. The minimum Gasteiger partial charge on any atom is -0.476 e. The summed E-state index contributed by atoms with van der Waals surface area (Å²) in [4.78, 5) is 16.0. The summed E-state index contributed by atoms with van der Waals surface area (Å²) in [5.74, 6) is -2.46. The van der Waals surface area contributed by atoms with Crippen molar-refractivity contribution in [1.82, 2.24) is 14.8 Å². The molecule has 5 aromatic rings. The van der Waals surface area contributed by atoms with Crippen LogP contribution in [0, 0.1) is 23.4 Å². The van der Waals surface area contributed by atoms with Crippen LogP contribution in [0.1, 0.15) is 40.2 Å². The molecule has 0 bridgehead atoms. The molecule has 0 aliphatic heterocycles. The Morgan fingerprint density at radius 3 is 2.52 bits per heavy atom. The lowest BCUT2D eigenvalue weighted by Gasteiger charge is -2.11. The first-order chi connectivity index (χ1) is 20.2. The highest BCUT2D eigenvalue weighted by molar-refractivity contribution is 7.82. The summed E-state index contributed by atoms with van der Waals surface area (Å²) in [6, 6.07) is 14.2. The minimum atomic E-state index is -1.85. The van der Waals surface area contributed by atoms with Crippen LogP contribution in [0.4, 0.5) is 13.2 Å².